The molecule has 144 valence electrons. The van der Waals surface area contributed by atoms with Gasteiger partial charge in [0.25, 0.3) is 0 Å². The number of hydrogen-bond acceptors (Lipinski definition) is 4. The van der Waals surface area contributed by atoms with Crippen LogP contribution >= 0.6 is 0 Å². The Morgan fingerprint density at radius 3 is 2.44 bits per heavy atom. The monoisotopic (exact) mass is 368 g/mol. The van der Waals surface area contributed by atoms with Crippen molar-refractivity contribution in [1.82, 2.24) is 15.6 Å². The Labute approximate surface area is 160 Å². The van der Waals surface area contributed by atoms with E-state index in [4.69, 9.17) is 4.74 Å². The van der Waals surface area contributed by atoms with Crippen molar-refractivity contribution in [1.29, 1.82) is 0 Å². The highest BCUT2D eigenvalue weighted by molar-refractivity contribution is 5.73. The number of rotatable bonds is 7. The van der Waals surface area contributed by atoms with Crippen LogP contribution in [-0.4, -0.2) is 37.8 Å². The molecule has 1 aromatic carbocycles. The SMILES string of the molecule is COc1ccc(CCNC(=O)NCc2ccc(N3CCCCC3)nc2)cc1. The molecule has 0 aliphatic carbocycles. The molecule has 0 bridgehead atoms. The molecule has 2 heterocycles. The molecule has 1 fully saturated rings. The molecule has 0 radical (unpaired) electrons. The lowest BCUT2D eigenvalue weighted by molar-refractivity contribution is 0.240. The number of carbonyl (C=O) groups is 1. The number of ether oxygens (including phenoxy) is 1. The van der Waals surface area contributed by atoms with Crippen LogP contribution in [0.4, 0.5) is 10.6 Å². The van der Waals surface area contributed by atoms with Crippen molar-refractivity contribution < 1.29 is 9.53 Å². The van der Waals surface area contributed by atoms with Crippen molar-refractivity contribution in [2.24, 2.45) is 0 Å². The van der Waals surface area contributed by atoms with Gasteiger partial charge in [-0.1, -0.05) is 18.2 Å². The molecular weight excluding hydrogens is 340 g/mol. The summed E-state index contributed by atoms with van der Waals surface area (Å²) < 4.78 is 5.14. The standard InChI is InChI=1S/C21H28N4O2/c1-27-19-8-5-17(6-9-19)11-12-22-21(26)24-16-18-7-10-20(23-15-18)25-13-3-2-4-14-25/h5-10,15H,2-4,11-14,16H2,1H3,(H2,22,24,26). The summed E-state index contributed by atoms with van der Waals surface area (Å²) in [6.07, 6.45) is 6.42. The smallest absolute Gasteiger partial charge is 0.315 e. The summed E-state index contributed by atoms with van der Waals surface area (Å²) in [5.74, 6) is 1.87. The maximum atomic E-state index is 12.0. The summed E-state index contributed by atoms with van der Waals surface area (Å²) in [5.41, 5.74) is 2.16. The number of pyridine rings is 1. The molecule has 0 atom stereocenters. The van der Waals surface area contributed by atoms with Gasteiger partial charge < -0.3 is 20.3 Å². The topological polar surface area (TPSA) is 66.5 Å². The van der Waals surface area contributed by atoms with Gasteiger partial charge in [0.2, 0.25) is 0 Å². The van der Waals surface area contributed by atoms with Gasteiger partial charge in [-0.3, -0.25) is 0 Å². The number of nitrogens with zero attached hydrogens (tertiary/aromatic N) is 2. The van der Waals surface area contributed by atoms with Crippen LogP contribution in [0.3, 0.4) is 0 Å². The highest BCUT2D eigenvalue weighted by Gasteiger charge is 2.11. The number of aromatic nitrogens is 1. The van der Waals surface area contributed by atoms with Gasteiger partial charge in [-0.05, 0) is 55.0 Å². The number of amides is 2. The quantitative estimate of drug-likeness (QED) is 0.788. The molecule has 2 amide bonds. The number of carbonyl (C=O) groups excluding carboxylic acids is 1. The first kappa shape index (κ1) is 19.0. The Bertz CT molecular complexity index is 710. The van der Waals surface area contributed by atoms with Gasteiger partial charge >= 0.3 is 6.03 Å². The Morgan fingerprint density at radius 2 is 1.78 bits per heavy atom. The molecule has 6 heteroatoms. The second-order valence-corrected chi connectivity index (χ2v) is 6.78. The maximum Gasteiger partial charge on any atom is 0.315 e. The summed E-state index contributed by atoms with van der Waals surface area (Å²) in [7, 11) is 1.65. The number of nitrogens with one attached hydrogen (secondary N) is 2. The minimum Gasteiger partial charge on any atom is -0.497 e. The molecule has 1 aromatic heterocycles. The van der Waals surface area contributed by atoms with Crippen molar-refractivity contribution in [3.8, 4) is 5.75 Å². The largest absolute Gasteiger partial charge is 0.497 e. The summed E-state index contributed by atoms with van der Waals surface area (Å²) in [4.78, 5) is 18.8. The lowest BCUT2D eigenvalue weighted by atomic mass is 10.1. The first-order valence-corrected chi connectivity index (χ1v) is 9.59. The van der Waals surface area contributed by atoms with Crippen LogP contribution in [0.2, 0.25) is 0 Å². The average molecular weight is 368 g/mol. The van der Waals surface area contributed by atoms with Crippen LogP contribution in [0.5, 0.6) is 5.75 Å². The number of hydrogen-bond donors (Lipinski definition) is 2. The molecule has 2 N–H and O–H groups in total. The fourth-order valence-corrected chi connectivity index (χ4v) is 3.19. The fraction of sp³-hybridized carbons (Fsp3) is 0.429. The lowest BCUT2D eigenvalue weighted by Crippen LogP contribution is -2.36. The van der Waals surface area contributed by atoms with E-state index in [2.05, 4.69) is 20.5 Å². The van der Waals surface area contributed by atoms with Crippen molar-refractivity contribution in [3.05, 3.63) is 53.7 Å². The highest BCUT2D eigenvalue weighted by atomic mass is 16.5. The summed E-state index contributed by atoms with van der Waals surface area (Å²) in [6, 6.07) is 11.8. The number of urea groups is 1. The Kier molecular flexibility index (Phi) is 6.90. The molecule has 6 nitrogen and oxygen atoms in total. The van der Waals surface area contributed by atoms with Gasteiger partial charge in [0, 0.05) is 32.4 Å². The third kappa shape index (κ3) is 5.88. The third-order valence-electron chi connectivity index (χ3n) is 4.80. The first-order chi connectivity index (χ1) is 13.2. The molecule has 0 spiro atoms. The molecule has 3 rings (SSSR count). The number of benzene rings is 1. The predicted molar refractivity (Wildman–Crippen MR) is 107 cm³/mol. The summed E-state index contributed by atoms with van der Waals surface area (Å²) in [6.45, 7) is 3.23. The Morgan fingerprint density at radius 1 is 1.04 bits per heavy atom. The minimum absolute atomic E-state index is 0.163. The first-order valence-electron chi connectivity index (χ1n) is 9.59. The van der Waals surface area contributed by atoms with E-state index >= 15 is 0 Å². The van der Waals surface area contributed by atoms with Crippen molar-refractivity contribution >= 4 is 11.8 Å². The lowest BCUT2D eigenvalue weighted by Gasteiger charge is -2.27. The third-order valence-corrected chi connectivity index (χ3v) is 4.80. The van der Waals surface area contributed by atoms with E-state index in [0.717, 1.165) is 42.2 Å². The van der Waals surface area contributed by atoms with Crippen molar-refractivity contribution in [3.63, 3.8) is 0 Å². The van der Waals surface area contributed by atoms with E-state index in [9.17, 15) is 4.79 Å². The van der Waals surface area contributed by atoms with Gasteiger partial charge in [0.05, 0.1) is 7.11 Å². The Balaban J connectivity index is 1.37. The van der Waals surface area contributed by atoms with E-state index in [1.807, 2.05) is 42.6 Å². The van der Waals surface area contributed by atoms with Gasteiger partial charge in [-0.15, -0.1) is 0 Å². The molecule has 1 aliphatic rings. The van der Waals surface area contributed by atoms with E-state index in [-0.39, 0.29) is 6.03 Å². The zero-order valence-corrected chi connectivity index (χ0v) is 15.9. The van der Waals surface area contributed by atoms with Gasteiger partial charge in [0.15, 0.2) is 0 Å². The normalized spacial score (nSPS) is 13.9. The minimum atomic E-state index is -0.163. The summed E-state index contributed by atoms with van der Waals surface area (Å²) in [5, 5.41) is 5.76. The van der Waals surface area contributed by atoms with Crippen molar-refractivity contribution in [2.45, 2.75) is 32.2 Å². The Hall–Kier alpha value is -2.76. The van der Waals surface area contributed by atoms with Crippen LogP contribution in [0.1, 0.15) is 30.4 Å². The van der Waals surface area contributed by atoms with Crippen LogP contribution in [-0.2, 0) is 13.0 Å². The molecule has 0 saturated carbocycles. The van der Waals surface area contributed by atoms with E-state index in [0.29, 0.717) is 13.1 Å². The zero-order chi connectivity index (χ0) is 18.9. The molecule has 27 heavy (non-hydrogen) atoms. The second-order valence-electron chi connectivity index (χ2n) is 6.78. The number of piperidine rings is 1. The van der Waals surface area contributed by atoms with Gasteiger partial charge in [-0.25, -0.2) is 9.78 Å². The maximum absolute atomic E-state index is 12.0. The predicted octanol–water partition coefficient (Wildman–Crippen LogP) is 3.12. The summed E-state index contributed by atoms with van der Waals surface area (Å²) >= 11 is 0. The van der Waals surface area contributed by atoms with E-state index in [1.54, 1.807) is 7.11 Å². The van der Waals surface area contributed by atoms with E-state index < -0.39 is 0 Å². The molecule has 0 unspecified atom stereocenters. The van der Waals surface area contributed by atoms with Gasteiger partial charge in [-0.2, -0.15) is 0 Å². The molecule has 2 aromatic rings. The van der Waals surface area contributed by atoms with Crippen LogP contribution in [0.15, 0.2) is 42.6 Å². The van der Waals surface area contributed by atoms with Crippen LogP contribution in [0, 0.1) is 0 Å². The van der Waals surface area contributed by atoms with Gasteiger partial charge in [0.1, 0.15) is 11.6 Å². The molecule has 1 aliphatic heterocycles. The number of anilines is 1. The van der Waals surface area contributed by atoms with Crippen LogP contribution in [0.25, 0.3) is 0 Å². The average Bonchev–Trinajstić information content (AvgIpc) is 2.74. The van der Waals surface area contributed by atoms with E-state index in [1.165, 1.54) is 19.3 Å². The highest BCUT2D eigenvalue weighted by Crippen LogP contribution is 2.17. The van der Waals surface area contributed by atoms with Crippen molar-refractivity contribution in [2.75, 3.05) is 31.6 Å². The zero-order valence-electron chi connectivity index (χ0n) is 15.9. The second kappa shape index (κ2) is 9.80. The fourth-order valence-electron chi connectivity index (χ4n) is 3.19. The molecule has 1 saturated heterocycles. The molecular formula is C21H28N4O2. The number of methoxy groups -OCH3 is 1. The van der Waals surface area contributed by atoms with Crippen LogP contribution < -0.4 is 20.3 Å².